The minimum Gasteiger partial charge on any atom is -0.297 e. The highest BCUT2D eigenvalue weighted by molar-refractivity contribution is 6.06. The van der Waals surface area contributed by atoms with Crippen molar-refractivity contribution in [3.63, 3.8) is 0 Å². The van der Waals surface area contributed by atoms with Crippen LogP contribution in [-0.4, -0.2) is 14.8 Å². The fraction of sp³-hybridized carbons (Fsp3) is 0.200. The maximum atomic E-state index is 12.4. The third-order valence-electron chi connectivity index (χ3n) is 4.14. The Balaban J connectivity index is 2.47. The summed E-state index contributed by atoms with van der Waals surface area (Å²) in [5, 5.41) is 0.671. The highest BCUT2D eigenvalue weighted by atomic mass is 16.1. The van der Waals surface area contributed by atoms with Crippen molar-refractivity contribution < 1.29 is 4.79 Å². The van der Waals surface area contributed by atoms with Gasteiger partial charge in [-0.25, -0.2) is 0 Å². The van der Waals surface area contributed by atoms with Gasteiger partial charge in [-0.1, -0.05) is 19.1 Å². The minimum atomic E-state index is -0.193. The van der Waals surface area contributed by atoms with Crippen LogP contribution in [0.5, 0.6) is 0 Å². The monoisotopic (exact) mass is 252 g/mol. The highest BCUT2D eigenvalue weighted by Crippen LogP contribution is 2.33. The summed E-state index contributed by atoms with van der Waals surface area (Å²) in [6, 6.07) is 9.26. The summed E-state index contributed by atoms with van der Waals surface area (Å²) < 4.78 is 3.51. The molecule has 3 aromatic rings. The number of ketones is 1. The van der Waals surface area contributed by atoms with E-state index in [1.165, 1.54) is 0 Å². The molecule has 0 saturated heterocycles. The van der Waals surface area contributed by atoms with Gasteiger partial charge in [0, 0.05) is 13.0 Å². The molecule has 0 aliphatic carbocycles. The number of Topliss-reactive ketones (excluding diaryl/α,β-unsaturated/α-hetero) is 1. The summed E-state index contributed by atoms with van der Waals surface area (Å²) >= 11 is 0. The van der Waals surface area contributed by atoms with E-state index in [-0.39, 0.29) is 17.3 Å². The van der Waals surface area contributed by atoms with Crippen LogP contribution in [0.1, 0.15) is 28.9 Å². The van der Waals surface area contributed by atoms with Crippen LogP contribution in [0.15, 0.2) is 35.1 Å². The van der Waals surface area contributed by atoms with Crippen molar-refractivity contribution in [3.8, 4) is 0 Å². The van der Waals surface area contributed by atoms with Crippen LogP contribution in [-0.2, 0) is 7.05 Å². The molecule has 0 radical (unpaired) electrons. The molecule has 1 atom stereocenters. The molecule has 0 N–H and O–H groups in total. The Morgan fingerprint density at radius 1 is 1.11 bits per heavy atom. The molecular weight excluding hydrogens is 240 g/mol. The van der Waals surface area contributed by atoms with Gasteiger partial charge in [-0.15, -0.1) is 0 Å². The summed E-state index contributed by atoms with van der Waals surface area (Å²) in [6.45, 7) is 1.90. The van der Waals surface area contributed by atoms with E-state index >= 15 is 0 Å². The van der Waals surface area contributed by atoms with E-state index in [4.69, 9.17) is 0 Å². The second kappa shape index (κ2) is 3.15. The topological polar surface area (TPSA) is 43.5 Å². The molecule has 0 amide bonds. The van der Waals surface area contributed by atoms with E-state index in [1.807, 2.05) is 41.7 Å². The molecule has 2 aromatic heterocycles. The summed E-state index contributed by atoms with van der Waals surface area (Å²) in [4.78, 5) is 24.8. The van der Waals surface area contributed by atoms with Gasteiger partial charge in [-0.2, -0.15) is 0 Å². The van der Waals surface area contributed by atoms with Crippen LogP contribution in [0.4, 0.5) is 0 Å². The lowest BCUT2D eigenvalue weighted by Gasteiger charge is -2.22. The summed E-state index contributed by atoms with van der Waals surface area (Å²) in [6.07, 6.45) is 0. The van der Waals surface area contributed by atoms with Gasteiger partial charge in [-0.3, -0.25) is 18.6 Å². The zero-order chi connectivity index (χ0) is 13.3. The van der Waals surface area contributed by atoms with Crippen LogP contribution >= 0.6 is 0 Å². The van der Waals surface area contributed by atoms with Crippen molar-refractivity contribution >= 4 is 22.3 Å². The Bertz CT molecular complexity index is 931. The van der Waals surface area contributed by atoms with Gasteiger partial charge in [-0.05, 0) is 23.8 Å². The lowest BCUT2D eigenvalue weighted by atomic mass is 9.90. The molecule has 1 aromatic carbocycles. The van der Waals surface area contributed by atoms with Crippen molar-refractivity contribution in [1.82, 2.24) is 8.97 Å². The van der Waals surface area contributed by atoms with Gasteiger partial charge < -0.3 is 0 Å². The van der Waals surface area contributed by atoms with Crippen LogP contribution in [0, 0.1) is 0 Å². The smallest absolute Gasteiger partial charge is 0.261 e. The zero-order valence-electron chi connectivity index (χ0n) is 10.7. The van der Waals surface area contributed by atoms with Crippen molar-refractivity contribution in [2.45, 2.75) is 12.8 Å². The Morgan fingerprint density at radius 3 is 2.68 bits per heavy atom. The number of hydrogen-bond donors (Lipinski definition) is 0. The van der Waals surface area contributed by atoms with E-state index in [0.717, 1.165) is 16.7 Å². The maximum Gasteiger partial charge on any atom is 0.261 e. The third kappa shape index (κ3) is 1.05. The molecule has 0 bridgehead atoms. The largest absolute Gasteiger partial charge is 0.297 e. The number of aromatic nitrogens is 2. The van der Waals surface area contributed by atoms with E-state index in [9.17, 15) is 9.59 Å². The van der Waals surface area contributed by atoms with E-state index in [0.29, 0.717) is 11.1 Å². The quantitative estimate of drug-likeness (QED) is 0.615. The Morgan fingerprint density at radius 2 is 1.89 bits per heavy atom. The highest BCUT2D eigenvalue weighted by Gasteiger charge is 2.29. The predicted octanol–water partition coefficient (Wildman–Crippen LogP) is 2.09. The molecule has 94 valence electrons. The van der Waals surface area contributed by atoms with E-state index in [2.05, 4.69) is 0 Å². The molecule has 4 nitrogen and oxygen atoms in total. The normalized spacial score (nSPS) is 17.8. The van der Waals surface area contributed by atoms with Crippen molar-refractivity contribution in [3.05, 3.63) is 51.9 Å². The first kappa shape index (κ1) is 10.6. The fourth-order valence-electron chi connectivity index (χ4n) is 3.10. The number of hydrogen-bond acceptors (Lipinski definition) is 2. The first-order valence-electron chi connectivity index (χ1n) is 6.28. The third-order valence-corrected chi connectivity index (χ3v) is 4.14. The van der Waals surface area contributed by atoms with Crippen LogP contribution < -0.4 is 5.56 Å². The Hall–Kier alpha value is -2.36. The molecule has 1 unspecified atom stereocenters. The number of nitrogens with zero attached hydrogens (tertiary/aromatic N) is 2. The maximum absolute atomic E-state index is 12.4. The molecule has 0 spiro atoms. The molecule has 1 aliphatic rings. The van der Waals surface area contributed by atoms with Gasteiger partial charge in [0.15, 0.2) is 5.78 Å². The number of rotatable bonds is 0. The molecule has 0 fully saturated rings. The van der Waals surface area contributed by atoms with Crippen LogP contribution in [0.3, 0.4) is 0 Å². The second-order valence-electron chi connectivity index (χ2n) is 5.11. The first-order chi connectivity index (χ1) is 9.11. The van der Waals surface area contributed by atoms with Crippen molar-refractivity contribution in [1.29, 1.82) is 0 Å². The zero-order valence-corrected chi connectivity index (χ0v) is 10.7. The minimum absolute atomic E-state index is 0.0180. The first-order valence-corrected chi connectivity index (χ1v) is 6.28. The molecule has 0 saturated carbocycles. The van der Waals surface area contributed by atoms with Gasteiger partial charge >= 0.3 is 0 Å². The average molecular weight is 252 g/mol. The van der Waals surface area contributed by atoms with E-state index < -0.39 is 0 Å². The van der Waals surface area contributed by atoms with Crippen LogP contribution in [0.2, 0.25) is 0 Å². The number of carbonyl (C=O) groups is 1. The molecule has 1 aliphatic heterocycles. The predicted molar refractivity (Wildman–Crippen MR) is 72.9 cm³/mol. The van der Waals surface area contributed by atoms with Crippen LogP contribution in [0.25, 0.3) is 16.6 Å². The van der Waals surface area contributed by atoms with Gasteiger partial charge in [0.2, 0.25) is 0 Å². The standard InChI is InChI=1S/C15H12N2O2/c1-8-9-4-3-5-10-13(9)17-11(14(8)18)6-7-12(17)16(2)15(10)19/h3-8H,1-2H3. The lowest BCUT2D eigenvalue weighted by molar-refractivity contribution is 0.0958. The molecule has 4 heteroatoms. The van der Waals surface area contributed by atoms with Gasteiger partial charge in [0.05, 0.1) is 16.6 Å². The van der Waals surface area contributed by atoms with Gasteiger partial charge in [0.1, 0.15) is 5.65 Å². The summed E-state index contributed by atoms with van der Waals surface area (Å²) in [5.74, 6) is -0.0833. The number of aryl methyl sites for hydroxylation is 1. The Kier molecular flexibility index (Phi) is 1.75. The molecule has 4 rings (SSSR count). The second-order valence-corrected chi connectivity index (χ2v) is 5.11. The average Bonchev–Trinajstić information content (AvgIpc) is 2.86. The van der Waals surface area contributed by atoms with Crippen molar-refractivity contribution in [2.24, 2.45) is 7.05 Å². The number of carbonyl (C=O) groups excluding carboxylic acids is 1. The van der Waals surface area contributed by atoms with Gasteiger partial charge in [0.25, 0.3) is 5.56 Å². The summed E-state index contributed by atoms with van der Waals surface area (Å²) in [7, 11) is 1.74. The molecule has 3 heterocycles. The van der Waals surface area contributed by atoms with E-state index in [1.54, 1.807) is 11.6 Å². The SMILES string of the molecule is CC1C(=O)c2ccc3n(C)c(=O)c4cccc1c4n23. The summed E-state index contributed by atoms with van der Waals surface area (Å²) in [5.41, 5.74) is 3.24. The lowest BCUT2D eigenvalue weighted by Crippen LogP contribution is -2.25. The Labute approximate surface area is 108 Å². The molecular formula is C15H12N2O2. The van der Waals surface area contributed by atoms with Crippen molar-refractivity contribution in [2.75, 3.05) is 0 Å². The number of para-hydroxylation sites is 1. The number of benzene rings is 1. The fourth-order valence-corrected chi connectivity index (χ4v) is 3.10. The molecule has 19 heavy (non-hydrogen) atoms.